The van der Waals surface area contributed by atoms with Crippen LogP contribution in [-0.2, 0) is 6.42 Å². The highest BCUT2D eigenvalue weighted by Gasteiger charge is 2.16. The molecule has 78 valence electrons. The Morgan fingerprint density at radius 2 is 2.29 bits per heavy atom. The number of ether oxygens (including phenoxy) is 1. The van der Waals surface area contributed by atoms with Crippen LogP contribution >= 0.6 is 11.6 Å². The molecule has 0 amide bonds. The van der Waals surface area contributed by atoms with E-state index >= 15 is 0 Å². The van der Waals surface area contributed by atoms with E-state index < -0.39 is 11.6 Å². The molecule has 0 heterocycles. The minimum atomic E-state index is -0.725. The number of hydrogen-bond acceptors (Lipinski definition) is 3. The van der Waals surface area contributed by atoms with Crippen molar-refractivity contribution >= 4 is 11.6 Å². The number of phenolic OH excluding ortho intramolecular Hbond substituents is 1. The summed E-state index contributed by atoms with van der Waals surface area (Å²) in [7, 11) is 1.39. The summed E-state index contributed by atoms with van der Waals surface area (Å²) >= 11 is 5.75. The first-order chi connectivity index (χ1) is 6.61. The van der Waals surface area contributed by atoms with Gasteiger partial charge in [0.15, 0.2) is 11.6 Å². The highest BCUT2D eigenvalue weighted by Crippen LogP contribution is 2.35. The molecule has 1 aromatic rings. The third-order valence-corrected chi connectivity index (χ3v) is 2.12. The summed E-state index contributed by atoms with van der Waals surface area (Å²) in [6.45, 7) is 0.257. The third kappa shape index (κ3) is 1.91. The van der Waals surface area contributed by atoms with E-state index in [1.807, 2.05) is 0 Å². The van der Waals surface area contributed by atoms with E-state index in [2.05, 4.69) is 0 Å². The monoisotopic (exact) mass is 219 g/mol. The first kappa shape index (κ1) is 11.1. The van der Waals surface area contributed by atoms with Crippen LogP contribution < -0.4 is 10.5 Å². The van der Waals surface area contributed by atoms with Crippen LogP contribution in [0.25, 0.3) is 0 Å². The number of phenols is 1. The van der Waals surface area contributed by atoms with E-state index in [0.717, 1.165) is 6.07 Å². The molecule has 0 saturated heterocycles. The van der Waals surface area contributed by atoms with E-state index in [9.17, 15) is 9.50 Å². The van der Waals surface area contributed by atoms with Gasteiger partial charge in [-0.3, -0.25) is 0 Å². The molecule has 1 rings (SSSR count). The summed E-state index contributed by atoms with van der Waals surface area (Å²) in [5.41, 5.74) is 5.51. The lowest BCUT2D eigenvalue weighted by molar-refractivity contribution is 0.391. The molecule has 3 nitrogen and oxygen atoms in total. The van der Waals surface area contributed by atoms with Crippen LogP contribution in [0.3, 0.4) is 0 Å². The molecule has 0 bridgehead atoms. The second-order valence-corrected chi connectivity index (χ2v) is 3.15. The average Bonchev–Trinajstić information content (AvgIpc) is 2.14. The number of nitrogens with two attached hydrogens (primary N) is 1. The zero-order chi connectivity index (χ0) is 10.7. The third-order valence-electron chi connectivity index (χ3n) is 1.84. The Bertz CT molecular complexity index is 344. The van der Waals surface area contributed by atoms with Gasteiger partial charge in [-0.1, -0.05) is 11.6 Å². The first-order valence-corrected chi connectivity index (χ1v) is 4.43. The number of rotatable bonds is 3. The summed E-state index contributed by atoms with van der Waals surface area (Å²) in [4.78, 5) is 0. The molecule has 0 radical (unpaired) electrons. The number of halogens is 2. The van der Waals surface area contributed by atoms with E-state index in [1.165, 1.54) is 7.11 Å². The molecular formula is C9H11ClFNO2. The van der Waals surface area contributed by atoms with Crippen molar-refractivity contribution < 1.29 is 14.2 Å². The predicted octanol–water partition coefficient (Wildman–Crippen LogP) is 1.69. The lowest BCUT2D eigenvalue weighted by atomic mass is 10.1. The molecule has 0 spiro atoms. The zero-order valence-corrected chi connectivity index (χ0v) is 8.44. The SMILES string of the molecule is COc1c(Cl)cc(O)c(F)c1CCN. The Hall–Kier alpha value is -1.00. The molecular weight excluding hydrogens is 209 g/mol. The van der Waals surface area contributed by atoms with Gasteiger partial charge in [-0.25, -0.2) is 4.39 Å². The van der Waals surface area contributed by atoms with Gasteiger partial charge < -0.3 is 15.6 Å². The average molecular weight is 220 g/mol. The van der Waals surface area contributed by atoms with E-state index in [-0.39, 0.29) is 29.3 Å². The van der Waals surface area contributed by atoms with Crippen LogP contribution in [0.2, 0.25) is 5.02 Å². The van der Waals surface area contributed by atoms with Crippen LogP contribution in [0.15, 0.2) is 6.07 Å². The summed E-state index contributed by atoms with van der Waals surface area (Å²) in [5.74, 6) is -0.983. The van der Waals surface area contributed by atoms with E-state index in [0.29, 0.717) is 0 Å². The van der Waals surface area contributed by atoms with Gasteiger partial charge in [-0.2, -0.15) is 0 Å². The van der Waals surface area contributed by atoms with Gasteiger partial charge >= 0.3 is 0 Å². The smallest absolute Gasteiger partial charge is 0.171 e. The minimum Gasteiger partial charge on any atom is -0.505 e. The van der Waals surface area contributed by atoms with Crippen molar-refractivity contribution in [2.24, 2.45) is 5.73 Å². The van der Waals surface area contributed by atoms with Crippen molar-refractivity contribution in [3.8, 4) is 11.5 Å². The predicted molar refractivity (Wildman–Crippen MR) is 52.4 cm³/mol. The Morgan fingerprint density at radius 3 is 2.79 bits per heavy atom. The number of aromatic hydroxyl groups is 1. The van der Waals surface area contributed by atoms with Crippen LogP contribution in [0.4, 0.5) is 4.39 Å². The number of hydrogen-bond donors (Lipinski definition) is 2. The van der Waals surface area contributed by atoms with Crippen LogP contribution in [0.1, 0.15) is 5.56 Å². The fraction of sp³-hybridized carbons (Fsp3) is 0.333. The summed E-state index contributed by atoms with van der Waals surface area (Å²) in [6, 6.07) is 1.11. The lowest BCUT2D eigenvalue weighted by Crippen LogP contribution is -2.06. The van der Waals surface area contributed by atoms with Gasteiger partial charge in [0.05, 0.1) is 12.1 Å². The molecule has 5 heteroatoms. The topological polar surface area (TPSA) is 55.5 Å². The minimum absolute atomic E-state index is 0.176. The standard InChI is InChI=1S/C9H11ClFNO2/c1-14-9-5(2-3-12)8(11)7(13)4-6(9)10/h4,13H,2-3,12H2,1H3. The maximum absolute atomic E-state index is 13.4. The van der Waals surface area contributed by atoms with Crippen molar-refractivity contribution in [3.05, 3.63) is 22.5 Å². The highest BCUT2D eigenvalue weighted by molar-refractivity contribution is 6.32. The molecule has 3 N–H and O–H groups in total. The van der Waals surface area contributed by atoms with Crippen molar-refractivity contribution in [1.29, 1.82) is 0 Å². The van der Waals surface area contributed by atoms with Crippen molar-refractivity contribution in [2.45, 2.75) is 6.42 Å². The van der Waals surface area contributed by atoms with Crippen LogP contribution in [0, 0.1) is 5.82 Å². The van der Waals surface area contributed by atoms with Crippen LogP contribution in [-0.4, -0.2) is 18.8 Å². The molecule has 0 aliphatic heterocycles. The van der Waals surface area contributed by atoms with Gasteiger partial charge in [0.2, 0.25) is 0 Å². The molecule has 0 unspecified atom stereocenters. The Kier molecular flexibility index (Phi) is 3.55. The van der Waals surface area contributed by atoms with Crippen molar-refractivity contribution in [1.82, 2.24) is 0 Å². The largest absolute Gasteiger partial charge is 0.505 e. The fourth-order valence-electron chi connectivity index (χ4n) is 1.24. The molecule has 0 atom stereocenters. The van der Waals surface area contributed by atoms with Crippen molar-refractivity contribution in [2.75, 3.05) is 13.7 Å². The highest BCUT2D eigenvalue weighted by atomic mass is 35.5. The number of benzene rings is 1. The zero-order valence-electron chi connectivity index (χ0n) is 7.68. The Balaban J connectivity index is 3.32. The van der Waals surface area contributed by atoms with Gasteiger partial charge in [0.25, 0.3) is 0 Å². The van der Waals surface area contributed by atoms with E-state index in [4.69, 9.17) is 22.1 Å². The van der Waals surface area contributed by atoms with Crippen molar-refractivity contribution in [3.63, 3.8) is 0 Å². The van der Waals surface area contributed by atoms with Gasteiger partial charge in [0.1, 0.15) is 5.75 Å². The summed E-state index contributed by atoms with van der Waals surface area (Å²) < 4.78 is 18.3. The second kappa shape index (κ2) is 4.48. The van der Waals surface area contributed by atoms with E-state index in [1.54, 1.807) is 0 Å². The molecule has 0 fully saturated rings. The Labute approximate surface area is 86.2 Å². The summed E-state index contributed by atoms with van der Waals surface area (Å²) in [5, 5.41) is 9.35. The molecule has 0 saturated carbocycles. The molecule has 1 aromatic carbocycles. The van der Waals surface area contributed by atoms with Gasteiger partial charge in [0, 0.05) is 11.6 Å². The maximum atomic E-state index is 13.4. The molecule has 14 heavy (non-hydrogen) atoms. The van der Waals surface area contributed by atoms with Gasteiger partial charge in [-0.05, 0) is 13.0 Å². The Morgan fingerprint density at radius 1 is 1.64 bits per heavy atom. The number of methoxy groups -OCH3 is 1. The molecule has 0 aliphatic rings. The lowest BCUT2D eigenvalue weighted by Gasteiger charge is -2.11. The maximum Gasteiger partial charge on any atom is 0.171 e. The molecule has 0 aromatic heterocycles. The van der Waals surface area contributed by atoms with Gasteiger partial charge in [-0.15, -0.1) is 0 Å². The molecule has 0 aliphatic carbocycles. The summed E-state index contributed by atoms with van der Waals surface area (Å²) in [6.07, 6.45) is 0.267. The van der Waals surface area contributed by atoms with Crippen LogP contribution in [0.5, 0.6) is 11.5 Å². The second-order valence-electron chi connectivity index (χ2n) is 2.74. The fourth-order valence-corrected chi connectivity index (χ4v) is 1.53. The first-order valence-electron chi connectivity index (χ1n) is 4.05. The normalized spacial score (nSPS) is 10.3. The quantitative estimate of drug-likeness (QED) is 0.814.